The van der Waals surface area contributed by atoms with Gasteiger partial charge in [0.1, 0.15) is 6.61 Å². The van der Waals surface area contributed by atoms with Gasteiger partial charge in [-0.2, -0.15) is 0 Å². The van der Waals surface area contributed by atoms with Crippen LogP contribution in [0.5, 0.6) is 11.5 Å². The highest BCUT2D eigenvalue weighted by atomic mass is 16.5. The standard InChI is InChI=1S/C19H27NO3/c1-3-13-23-17-12-11-15(14-18(17)22-2)19(21)20-16-9-7-5-4-6-8-10-16/h3,11-12,14,16H,1,4-10,13H2,2H3,(H,20,21). The number of ether oxygens (including phenoxy) is 2. The molecular weight excluding hydrogens is 290 g/mol. The maximum Gasteiger partial charge on any atom is 0.251 e. The van der Waals surface area contributed by atoms with E-state index in [1.165, 1.54) is 32.1 Å². The Balaban J connectivity index is 2.01. The molecule has 1 aromatic rings. The molecular formula is C19H27NO3. The van der Waals surface area contributed by atoms with Gasteiger partial charge in [-0.05, 0) is 31.0 Å². The minimum absolute atomic E-state index is 0.0378. The van der Waals surface area contributed by atoms with Crippen LogP contribution >= 0.6 is 0 Å². The lowest BCUT2D eigenvalue weighted by molar-refractivity contribution is 0.0930. The predicted molar refractivity (Wildman–Crippen MR) is 92.3 cm³/mol. The van der Waals surface area contributed by atoms with Crippen molar-refractivity contribution in [3.8, 4) is 11.5 Å². The van der Waals surface area contributed by atoms with E-state index in [0.717, 1.165) is 12.8 Å². The number of hydrogen-bond acceptors (Lipinski definition) is 3. The normalized spacial score (nSPS) is 16.0. The van der Waals surface area contributed by atoms with Gasteiger partial charge in [-0.3, -0.25) is 4.79 Å². The maximum atomic E-state index is 12.5. The van der Waals surface area contributed by atoms with Gasteiger partial charge in [-0.25, -0.2) is 0 Å². The highest BCUT2D eigenvalue weighted by Crippen LogP contribution is 2.28. The molecule has 2 rings (SSSR count). The van der Waals surface area contributed by atoms with Crippen molar-refractivity contribution < 1.29 is 14.3 Å². The predicted octanol–water partition coefficient (Wildman–Crippen LogP) is 4.10. The van der Waals surface area contributed by atoms with E-state index in [4.69, 9.17) is 9.47 Å². The molecule has 0 atom stereocenters. The average molecular weight is 317 g/mol. The molecule has 1 saturated carbocycles. The van der Waals surface area contributed by atoms with E-state index in [0.29, 0.717) is 23.7 Å². The number of hydrogen-bond donors (Lipinski definition) is 1. The largest absolute Gasteiger partial charge is 0.493 e. The van der Waals surface area contributed by atoms with Crippen molar-refractivity contribution >= 4 is 5.91 Å². The second kappa shape index (κ2) is 9.23. The SMILES string of the molecule is C=CCOc1ccc(C(=O)NC2CCCCCCC2)cc1OC. The van der Waals surface area contributed by atoms with Crippen LogP contribution in [0.1, 0.15) is 55.3 Å². The monoisotopic (exact) mass is 317 g/mol. The summed E-state index contributed by atoms with van der Waals surface area (Å²) in [6, 6.07) is 5.57. The fourth-order valence-corrected chi connectivity index (χ4v) is 2.95. The first kappa shape index (κ1) is 17.4. The van der Waals surface area contributed by atoms with Crippen molar-refractivity contribution in [3.63, 3.8) is 0 Å². The van der Waals surface area contributed by atoms with Gasteiger partial charge >= 0.3 is 0 Å². The molecule has 0 radical (unpaired) electrons. The number of benzene rings is 1. The highest BCUT2D eigenvalue weighted by molar-refractivity contribution is 5.95. The third-order valence-corrected chi connectivity index (χ3v) is 4.22. The van der Waals surface area contributed by atoms with E-state index >= 15 is 0 Å². The van der Waals surface area contributed by atoms with Gasteiger partial charge in [-0.1, -0.05) is 44.8 Å². The summed E-state index contributed by atoms with van der Waals surface area (Å²) in [5.74, 6) is 1.15. The molecule has 0 aliphatic heterocycles. The molecule has 23 heavy (non-hydrogen) atoms. The number of methoxy groups -OCH3 is 1. The summed E-state index contributed by atoms with van der Waals surface area (Å²) in [4.78, 5) is 12.5. The molecule has 1 fully saturated rings. The fraction of sp³-hybridized carbons (Fsp3) is 0.526. The minimum atomic E-state index is -0.0378. The Kier molecular flexibility index (Phi) is 6.98. The van der Waals surface area contributed by atoms with Gasteiger partial charge in [0, 0.05) is 11.6 Å². The first-order valence-corrected chi connectivity index (χ1v) is 8.47. The van der Waals surface area contributed by atoms with E-state index in [-0.39, 0.29) is 11.9 Å². The van der Waals surface area contributed by atoms with Crippen molar-refractivity contribution in [1.82, 2.24) is 5.32 Å². The van der Waals surface area contributed by atoms with E-state index in [9.17, 15) is 4.79 Å². The van der Waals surface area contributed by atoms with E-state index < -0.39 is 0 Å². The first-order chi connectivity index (χ1) is 11.2. The van der Waals surface area contributed by atoms with Crippen LogP contribution in [0.3, 0.4) is 0 Å². The lowest BCUT2D eigenvalue weighted by atomic mass is 9.96. The van der Waals surface area contributed by atoms with Crippen molar-refractivity contribution in [2.75, 3.05) is 13.7 Å². The molecule has 0 spiro atoms. The Morgan fingerprint density at radius 2 is 1.91 bits per heavy atom. The quantitative estimate of drug-likeness (QED) is 0.803. The number of nitrogens with one attached hydrogen (secondary N) is 1. The molecule has 1 amide bonds. The number of amides is 1. The zero-order chi connectivity index (χ0) is 16.5. The molecule has 1 aromatic carbocycles. The van der Waals surface area contributed by atoms with Crippen LogP contribution in [0.15, 0.2) is 30.9 Å². The van der Waals surface area contributed by atoms with Crippen molar-refractivity contribution in [1.29, 1.82) is 0 Å². The average Bonchev–Trinajstić information content (AvgIpc) is 2.55. The molecule has 0 aromatic heterocycles. The lowest BCUT2D eigenvalue weighted by Crippen LogP contribution is -2.35. The number of rotatable bonds is 6. The summed E-state index contributed by atoms with van der Waals surface area (Å²) in [5, 5.41) is 3.17. The van der Waals surface area contributed by atoms with Crippen LogP contribution in [-0.2, 0) is 0 Å². The van der Waals surface area contributed by atoms with Crippen LogP contribution in [0.4, 0.5) is 0 Å². The summed E-state index contributed by atoms with van der Waals surface area (Å²) < 4.78 is 10.8. The Labute approximate surface area is 138 Å². The lowest BCUT2D eigenvalue weighted by Gasteiger charge is -2.21. The zero-order valence-corrected chi connectivity index (χ0v) is 14.0. The van der Waals surface area contributed by atoms with Crippen molar-refractivity contribution in [2.24, 2.45) is 0 Å². The number of carbonyl (C=O) groups is 1. The van der Waals surface area contributed by atoms with Crippen LogP contribution in [0.25, 0.3) is 0 Å². The zero-order valence-electron chi connectivity index (χ0n) is 14.0. The van der Waals surface area contributed by atoms with Crippen molar-refractivity contribution in [2.45, 2.75) is 51.0 Å². The van der Waals surface area contributed by atoms with Gasteiger partial charge in [0.15, 0.2) is 11.5 Å². The Morgan fingerprint density at radius 3 is 2.57 bits per heavy atom. The molecule has 1 N–H and O–H groups in total. The molecule has 4 nitrogen and oxygen atoms in total. The van der Waals surface area contributed by atoms with Crippen LogP contribution < -0.4 is 14.8 Å². The first-order valence-electron chi connectivity index (χ1n) is 8.47. The number of carbonyl (C=O) groups excluding carboxylic acids is 1. The highest BCUT2D eigenvalue weighted by Gasteiger charge is 2.16. The molecule has 1 aliphatic carbocycles. The van der Waals surface area contributed by atoms with E-state index in [1.807, 2.05) is 0 Å². The summed E-state index contributed by atoms with van der Waals surface area (Å²) in [6.45, 7) is 4.03. The second-order valence-electron chi connectivity index (χ2n) is 5.98. The van der Waals surface area contributed by atoms with Gasteiger partial charge in [0.05, 0.1) is 7.11 Å². The van der Waals surface area contributed by atoms with Crippen LogP contribution in [0, 0.1) is 0 Å². The van der Waals surface area contributed by atoms with Gasteiger partial charge in [0.25, 0.3) is 5.91 Å². The smallest absolute Gasteiger partial charge is 0.251 e. The maximum absolute atomic E-state index is 12.5. The second-order valence-corrected chi connectivity index (χ2v) is 5.98. The summed E-state index contributed by atoms with van der Waals surface area (Å²) in [6.07, 6.45) is 10.1. The third-order valence-electron chi connectivity index (χ3n) is 4.22. The summed E-state index contributed by atoms with van der Waals surface area (Å²) in [5.41, 5.74) is 0.606. The van der Waals surface area contributed by atoms with E-state index in [1.54, 1.807) is 31.4 Å². The molecule has 0 heterocycles. The fourth-order valence-electron chi connectivity index (χ4n) is 2.95. The molecule has 0 saturated heterocycles. The van der Waals surface area contributed by atoms with Gasteiger partial charge < -0.3 is 14.8 Å². The van der Waals surface area contributed by atoms with Gasteiger partial charge in [0.2, 0.25) is 0 Å². The Hall–Kier alpha value is -1.97. The third kappa shape index (κ3) is 5.31. The Morgan fingerprint density at radius 1 is 1.22 bits per heavy atom. The minimum Gasteiger partial charge on any atom is -0.493 e. The molecule has 0 unspecified atom stereocenters. The van der Waals surface area contributed by atoms with Crippen LogP contribution in [0.2, 0.25) is 0 Å². The Bertz CT molecular complexity index is 519. The van der Waals surface area contributed by atoms with Crippen LogP contribution in [-0.4, -0.2) is 25.7 Å². The molecule has 4 heteroatoms. The van der Waals surface area contributed by atoms with Crippen molar-refractivity contribution in [3.05, 3.63) is 36.4 Å². The summed E-state index contributed by atoms with van der Waals surface area (Å²) in [7, 11) is 1.58. The summed E-state index contributed by atoms with van der Waals surface area (Å²) >= 11 is 0. The van der Waals surface area contributed by atoms with E-state index in [2.05, 4.69) is 11.9 Å². The topological polar surface area (TPSA) is 47.6 Å². The molecule has 0 bridgehead atoms. The molecule has 126 valence electrons. The van der Waals surface area contributed by atoms with Gasteiger partial charge in [-0.15, -0.1) is 0 Å². The molecule has 1 aliphatic rings.